The highest BCUT2D eigenvalue weighted by Crippen LogP contribution is 2.54. The van der Waals surface area contributed by atoms with Gasteiger partial charge in [0.05, 0.1) is 6.61 Å². The zero-order valence-corrected chi connectivity index (χ0v) is 15.8. The van der Waals surface area contributed by atoms with Gasteiger partial charge in [-0.05, 0) is 56.1 Å². The number of benzene rings is 1. The molecule has 3 atom stereocenters. The number of ether oxygens (including phenoxy) is 1. The van der Waals surface area contributed by atoms with E-state index in [1.807, 2.05) is 0 Å². The van der Waals surface area contributed by atoms with Gasteiger partial charge in [0, 0.05) is 29.7 Å². The van der Waals surface area contributed by atoms with Crippen molar-refractivity contribution in [2.24, 2.45) is 11.8 Å². The van der Waals surface area contributed by atoms with Gasteiger partial charge in [0.15, 0.2) is 0 Å². The van der Waals surface area contributed by atoms with E-state index >= 15 is 0 Å². The third-order valence-electron chi connectivity index (χ3n) is 5.99. The number of rotatable bonds is 3. The minimum atomic E-state index is 0.214. The topological polar surface area (TPSA) is 12.5 Å². The molecule has 22 heavy (non-hydrogen) atoms. The highest BCUT2D eigenvalue weighted by molar-refractivity contribution is 9.09. The van der Waals surface area contributed by atoms with Gasteiger partial charge in [-0.25, -0.2) is 0 Å². The number of halogens is 1. The van der Waals surface area contributed by atoms with Crippen LogP contribution in [0.15, 0.2) is 18.2 Å². The first kappa shape index (κ1) is 16.2. The molecule has 1 aliphatic heterocycles. The van der Waals surface area contributed by atoms with Gasteiger partial charge in [-0.1, -0.05) is 35.3 Å². The van der Waals surface area contributed by atoms with Crippen molar-refractivity contribution in [3.05, 3.63) is 23.8 Å². The summed E-state index contributed by atoms with van der Waals surface area (Å²) in [4.78, 5) is 2.49. The minimum Gasteiger partial charge on any atom is -0.493 e. The summed E-state index contributed by atoms with van der Waals surface area (Å²) in [7, 11) is 2.25. The van der Waals surface area contributed by atoms with Crippen LogP contribution in [0.3, 0.4) is 0 Å². The van der Waals surface area contributed by atoms with Crippen molar-refractivity contribution in [2.75, 3.05) is 23.9 Å². The summed E-state index contributed by atoms with van der Waals surface area (Å²) in [6.07, 6.45) is 4.06. The molecule has 2 unspecified atom stereocenters. The Labute approximate surface area is 143 Å². The van der Waals surface area contributed by atoms with Crippen LogP contribution >= 0.6 is 15.9 Å². The van der Waals surface area contributed by atoms with Crippen molar-refractivity contribution < 1.29 is 4.74 Å². The molecule has 1 fully saturated rings. The molecule has 0 bridgehead atoms. The maximum Gasteiger partial charge on any atom is 0.121 e. The van der Waals surface area contributed by atoms with Crippen LogP contribution in [-0.2, 0) is 0 Å². The smallest absolute Gasteiger partial charge is 0.121 e. The number of anilines is 1. The SMILES string of the molecule is CC1CCC2[C@@H](C1)c1ccc(OCCBr)cc1N(C)C2(C)C. The third kappa shape index (κ3) is 2.66. The molecule has 2 aliphatic rings. The summed E-state index contributed by atoms with van der Waals surface area (Å²) < 4.78 is 5.82. The van der Waals surface area contributed by atoms with Crippen molar-refractivity contribution in [2.45, 2.75) is 51.5 Å². The fourth-order valence-corrected chi connectivity index (χ4v) is 4.66. The van der Waals surface area contributed by atoms with Gasteiger partial charge in [-0.2, -0.15) is 0 Å². The van der Waals surface area contributed by atoms with Crippen LogP contribution in [0.2, 0.25) is 0 Å². The second-order valence-corrected chi connectivity index (χ2v) is 8.39. The van der Waals surface area contributed by atoms with Crippen LogP contribution in [0.4, 0.5) is 5.69 Å². The van der Waals surface area contributed by atoms with Crippen LogP contribution in [-0.4, -0.2) is 24.5 Å². The van der Waals surface area contributed by atoms with E-state index < -0.39 is 0 Å². The molecule has 0 N–H and O–H groups in total. The van der Waals surface area contributed by atoms with Crippen molar-refractivity contribution in [1.29, 1.82) is 0 Å². The molecule has 1 heterocycles. The molecule has 122 valence electrons. The molecule has 1 aliphatic carbocycles. The zero-order valence-electron chi connectivity index (χ0n) is 14.2. The summed E-state index contributed by atoms with van der Waals surface area (Å²) >= 11 is 3.43. The molecule has 1 aromatic rings. The van der Waals surface area contributed by atoms with Gasteiger partial charge in [0.1, 0.15) is 5.75 Å². The van der Waals surface area contributed by atoms with Crippen LogP contribution in [0, 0.1) is 11.8 Å². The average molecular weight is 366 g/mol. The standard InChI is InChI=1S/C19H28BrNO/c1-13-5-8-17-16(11-13)15-7-6-14(22-10-9-20)12-18(15)21(4)19(17,2)3/h6-7,12-13,16-17H,5,8-11H2,1-4H3/t13?,16-,17?/m0/s1. The van der Waals surface area contributed by atoms with Gasteiger partial charge < -0.3 is 9.64 Å². The highest BCUT2D eigenvalue weighted by Gasteiger charge is 2.46. The minimum absolute atomic E-state index is 0.214. The van der Waals surface area contributed by atoms with Crippen molar-refractivity contribution >= 4 is 21.6 Å². The second-order valence-electron chi connectivity index (χ2n) is 7.60. The number of alkyl halides is 1. The summed E-state index contributed by atoms with van der Waals surface area (Å²) in [5.74, 6) is 3.30. The Morgan fingerprint density at radius 1 is 1.32 bits per heavy atom. The van der Waals surface area contributed by atoms with E-state index in [9.17, 15) is 0 Å². The molecular weight excluding hydrogens is 338 g/mol. The van der Waals surface area contributed by atoms with Crippen molar-refractivity contribution in [1.82, 2.24) is 0 Å². The Bertz CT molecular complexity index is 542. The molecule has 1 aromatic carbocycles. The van der Waals surface area contributed by atoms with E-state index in [0.717, 1.165) is 29.5 Å². The lowest BCUT2D eigenvalue weighted by Gasteiger charge is -2.54. The average Bonchev–Trinajstić information content (AvgIpc) is 2.50. The van der Waals surface area contributed by atoms with Gasteiger partial charge in [0.25, 0.3) is 0 Å². The van der Waals surface area contributed by atoms with Crippen LogP contribution in [0.25, 0.3) is 0 Å². The predicted molar refractivity (Wildman–Crippen MR) is 97.5 cm³/mol. The summed E-state index contributed by atoms with van der Waals surface area (Å²) in [6.45, 7) is 7.95. The summed E-state index contributed by atoms with van der Waals surface area (Å²) in [6, 6.07) is 6.72. The second kappa shape index (κ2) is 6.07. The van der Waals surface area contributed by atoms with E-state index in [0.29, 0.717) is 5.92 Å². The number of fused-ring (bicyclic) bond motifs is 3. The third-order valence-corrected chi connectivity index (χ3v) is 6.32. The fraction of sp³-hybridized carbons (Fsp3) is 0.684. The molecular formula is C19H28BrNO. The summed E-state index contributed by atoms with van der Waals surface area (Å²) in [5.41, 5.74) is 3.11. The zero-order chi connectivity index (χ0) is 15.9. The van der Waals surface area contributed by atoms with E-state index in [1.165, 1.54) is 30.5 Å². The lowest BCUT2D eigenvalue weighted by molar-refractivity contribution is 0.157. The molecule has 1 saturated carbocycles. The predicted octanol–water partition coefficient (Wildman–Crippen LogP) is 5.21. The Hall–Kier alpha value is -0.700. The molecule has 3 rings (SSSR count). The molecule has 0 spiro atoms. The number of hydrogen-bond acceptors (Lipinski definition) is 2. The first-order valence-corrected chi connectivity index (χ1v) is 9.64. The molecule has 2 nitrogen and oxygen atoms in total. The van der Waals surface area contributed by atoms with Crippen LogP contribution in [0.5, 0.6) is 5.75 Å². The van der Waals surface area contributed by atoms with E-state index in [-0.39, 0.29) is 5.54 Å². The van der Waals surface area contributed by atoms with Crippen LogP contribution in [0.1, 0.15) is 51.5 Å². The molecule has 3 heteroatoms. The first-order valence-electron chi connectivity index (χ1n) is 8.51. The van der Waals surface area contributed by atoms with E-state index in [2.05, 4.69) is 66.8 Å². The Morgan fingerprint density at radius 2 is 2.09 bits per heavy atom. The van der Waals surface area contributed by atoms with Gasteiger partial charge >= 0.3 is 0 Å². The van der Waals surface area contributed by atoms with E-state index in [1.54, 1.807) is 0 Å². The van der Waals surface area contributed by atoms with Crippen molar-refractivity contribution in [3.8, 4) is 5.75 Å². The molecule has 0 saturated heterocycles. The maximum atomic E-state index is 5.82. The number of hydrogen-bond donors (Lipinski definition) is 0. The molecule has 0 amide bonds. The quantitative estimate of drug-likeness (QED) is 0.681. The van der Waals surface area contributed by atoms with Crippen molar-refractivity contribution in [3.63, 3.8) is 0 Å². The number of nitrogens with zero attached hydrogens (tertiary/aromatic N) is 1. The Morgan fingerprint density at radius 3 is 2.82 bits per heavy atom. The lowest BCUT2D eigenvalue weighted by atomic mass is 9.62. The van der Waals surface area contributed by atoms with Gasteiger partial charge in [-0.3, -0.25) is 0 Å². The molecule has 0 aromatic heterocycles. The maximum absolute atomic E-state index is 5.82. The largest absolute Gasteiger partial charge is 0.493 e. The normalized spacial score (nSPS) is 29.7. The molecule has 0 radical (unpaired) electrons. The summed E-state index contributed by atoms with van der Waals surface area (Å²) in [5, 5.41) is 0.869. The Balaban J connectivity index is 2.00. The monoisotopic (exact) mass is 365 g/mol. The highest BCUT2D eigenvalue weighted by atomic mass is 79.9. The lowest BCUT2D eigenvalue weighted by Crippen LogP contribution is -2.54. The fourth-order valence-electron chi connectivity index (χ4n) is 4.50. The first-order chi connectivity index (χ1) is 10.4. The van der Waals surface area contributed by atoms with Gasteiger partial charge in [-0.15, -0.1) is 0 Å². The Kier molecular flexibility index (Phi) is 4.46. The van der Waals surface area contributed by atoms with E-state index in [4.69, 9.17) is 4.74 Å². The van der Waals surface area contributed by atoms with Crippen LogP contribution < -0.4 is 9.64 Å². The van der Waals surface area contributed by atoms with Gasteiger partial charge in [0.2, 0.25) is 0 Å².